The predicted octanol–water partition coefficient (Wildman–Crippen LogP) is 3.81. The van der Waals surface area contributed by atoms with Gasteiger partial charge in [0.2, 0.25) is 5.91 Å². The number of carbonyl (C=O) groups excluding carboxylic acids is 1. The number of benzene rings is 1. The Morgan fingerprint density at radius 1 is 1.11 bits per heavy atom. The summed E-state index contributed by atoms with van der Waals surface area (Å²) >= 11 is 6.04. The monoisotopic (exact) mass is 390 g/mol. The molecule has 2 aliphatic heterocycles. The van der Waals surface area contributed by atoms with E-state index in [-0.39, 0.29) is 17.4 Å². The second-order valence-corrected chi connectivity index (χ2v) is 9.06. The Balaban J connectivity index is 1.41. The quantitative estimate of drug-likeness (QED) is 0.802. The number of hydrogen-bond donors (Lipinski definition) is 1. The molecule has 1 atom stereocenters. The fourth-order valence-corrected chi connectivity index (χ4v) is 5.09. The van der Waals surface area contributed by atoms with Gasteiger partial charge in [0, 0.05) is 37.3 Å². The first-order chi connectivity index (χ1) is 13.1. The van der Waals surface area contributed by atoms with E-state index in [0.717, 1.165) is 44.0 Å². The Labute approximate surface area is 167 Å². The minimum atomic E-state index is -0.316. The van der Waals surface area contributed by atoms with Crippen LogP contribution in [0.5, 0.6) is 0 Å². The smallest absolute Gasteiger partial charge is 0.229 e. The molecule has 1 amide bonds. The van der Waals surface area contributed by atoms with Crippen LogP contribution >= 0.6 is 11.6 Å². The molecule has 4 rings (SSSR count). The van der Waals surface area contributed by atoms with Crippen LogP contribution in [0.15, 0.2) is 24.3 Å². The van der Waals surface area contributed by atoms with Crippen molar-refractivity contribution in [2.24, 2.45) is 5.41 Å². The Bertz CT molecular complexity index is 630. The predicted molar refractivity (Wildman–Crippen MR) is 108 cm³/mol. The summed E-state index contributed by atoms with van der Waals surface area (Å²) in [6.45, 7) is 3.21. The van der Waals surface area contributed by atoms with Crippen molar-refractivity contribution >= 4 is 17.5 Å². The average Bonchev–Trinajstić information content (AvgIpc) is 3.18. The highest BCUT2D eigenvalue weighted by Crippen LogP contribution is 2.39. The van der Waals surface area contributed by atoms with Crippen LogP contribution in [0.25, 0.3) is 0 Å². The van der Waals surface area contributed by atoms with Gasteiger partial charge < -0.3 is 10.1 Å². The van der Waals surface area contributed by atoms with Crippen LogP contribution in [0.3, 0.4) is 0 Å². The molecule has 1 aromatic carbocycles. The van der Waals surface area contributed by atoms with Crippen molar-refractivity contribution in [3.05, 3.63) is 34.9 Å². The zero-order valence-corrected chi connectivity index (χ0v) is 16.8. The minimum Gasteiger partial charge on any atom is -0.376 e. The molecule has 0 bridgehead atoms. The van der Waals surface area contributed by atoms with Crippen molar-refractivity contribution in [3.63, 3.8) is 0 Å². The Kier molecular flexibility index (Phi) is 6.05. The highest BCUT2D eigenvalue weighted by molar-refractivity contribution is 6.30. The number of halogens is 1. The molecule has 27 heavy (non-hydrogen) atoms. The van der Waals surface area contributed by atoms with E-state index in [1.54, 1.807) is 0 Å². The number of likely N-dealkylation sites (tertiary alicyclic amines) is 1. The van der Waals surface area contributed by atoms with Crippen molar-refractivity contribution in [3.8, 4) is 0 Å². The third kappa shape index (κ3) is 4.49. The summed E-state index contributed by atoms with van der Waals surface area (Å²) in [5, 5.41) is 3.95. The summed E-state index contributed by atoms with van der Waals surface area (Å²) in [4.78, 5) is 15.7. The highest BCUT2D eigenvalue weighted by atomic mass is 35.5. The second-order valence-electron chi connectivity index (χ2n) is 8.63. The fourth-order valence-electron chi connectivity index (χ4n) is 4.96. The topological polar surface area (TPSA) is 41.6 Å². The molecular weight excluding hydrogens is 360 g/mol. The molecule has 0 aromatic heterocycles. The molecule has 1 N–H and O–H groups in total. The molecule has 0 radical (unpaired) electrons. The normalized spacial score (nSPS) is 25.9. The molecule has 5 heteroatoms. The van der Waals surface area contributed by atoms with E-state index < -0.39 is 0 Å². The Morgan fingerprint density at radius 3 is 2.52 bits per heavy atom. The molecular formula is C22H31ClN2O2. The molecule has 1 aromatic rings. The first-order valence-electron chi connectivity index (χ1n) is 10.5. The van der Waals surface area contributed by atoms with Crippen LogP contribution in [0.1, 0.15) is 50.5 Å². The summed E-state index contributed by atoms with van der Waals surface area (Å²) in [6, 6.07) is 8.63. The number of hydrogen-bond acceptors (Lipinski definition) is 3. The SMILES string of the molecule is O=C(NCC1CCCO1)C1(Cc2ccc(Cl)cc2)CN(C2CCCCC2)C1. The maximum atomic E-state index is 13.2. The van der Waals surface area contributed by atoms with Gasteiger partial charge in [-0.2, -0.15) is 0 Å². The van der Waals surface area contributed by atoms with Gasteiger partial charge in [0.05, 0.1) is 11.5 Å². The van der Waals surface area contributed by atoms with Crippen LogP contribution < -0.4 is 5.32 Å². The van der Waals surface area contributed by atoms with Crippen LogP contribution in [0, 0.1) is 5.41 Å². The summed E-state index contributed by atoms with van der Waals surface area (Å²) < 4.78 is 5.68. The molecule has 2 saturated heterocycles. The van der Waals surface area contributed by atoms with E-state index in [9.17, 15) is 4.79 Å². The van der Waals surface area contributed by atoms with Crippen molar-refractivity contribution in [2.45, 2.75) is 63.5 Å². The molecule has 1 unspecified atom stereocenters. The van der Waals surface area contributed by atoms with E-state index >= 15 is 0 Å². The van der Waals surface area contributed by atoms with E-state index in [4.69, 9.17) is 16.3 Å². The summed E-state index contributed by atoms with van der Waals surface area (Å²) in [5.41, 5.74) is 0.874. The van der Waals surface area contributed by atoms with Gasteiger partial charge in [0.15, 0.2) is 0 Å². The van der Waals surface area contributed by atoms with E-state index in [1.807, 2.05) is 12.1 Å². The first-order valence-corrected chi connectivity index (χ1v) is 10.9. The lowest BCUT2D eigenvalue weighted by Crippen LogP contribution is -2.67. The summed E-state index contributed by atoms with van der Waals surface area (Å²) in [7, 11) is 0. The van der Waals surface area contributed by atoms with Crippen LogP contribution in [-0.2, 0) is 16.0 Å². The van der Waals surface area contributed by atoms with Gasteiger partial charge in [-0.1, -0.05) is 43.0 Å². The lowest BCUT2D eigenvalue weighted by atomic mass is 9.72. The van der Waals surface area contributed by atoms with Crippen molar-refractivity contribution < 1.29 is 9.53 Å². The van der Waals surface area contributed by atoms with Gasteiger partial charge in [0.1, 0.15) is 0 Å². The van der Waals surface area contributed by atoms with Gasteiger partial charge in [-0.3, -0.25) is 9.69 Å². The summed E-state index contributed by atoms with van der Waals surface area (Å²) in [6.07, 6.45) is 9.73. The standard InChI is InChI=1S/C22H31ClN2O2/c23-18-10-8-17(9-11-18)13-22(21(26)24-14-20-7-4-12-27-20)15-25(16-22)19-5-2-1-3-6-19/h8-11,19-20H,1-7,12-16H2,(H,24,26). The van der Waals surface area contributed by atoms with E-state index in [1.165, 1.54) is 37.7 Å². The van der Waals surface area contributed by atoms with Crippen LogP contribution in [0.2, 0.25) is 5.02 Å². The van der Waals surface area contributed by atoms with E-state index in [2.05, 4.69) is 22.3 Å². The number of nitrogens with zero attached hydrogens (tertiary/aromatic N) is 1. The molecule has 2 heterocycles. The fraction of sp³-hybridized carbons (Fsp3) is 0.682. The molecule has 1 aliphatic carbocycles. The first kappa shape index (κ1) is 19.2. The van der Waals surface area contributed by atoms with Crippen molar-refractivity contribution in [1.82, 2.24) is 10.2 Å². The van der Waals surface area contributed by atoms with Crippen molar-refractivity contribution in [1.29, 1.82) is 0 Å². The molecule has 4 nitrogen and oxygen atoms in total. The molecule has 148 valence electrons. The molecule has 0 spiro atoms. The van der Waals surface area contributed by atoms with Gasteiger partial charge in [-0.05, 0) is 49.8 Å². The number of rotatable bonds is 6. The van der Waals surface area contributed by atoms with Crippen LogP contribution in [0.4, 0.5) is 0 Å². The molecule has 1 saturated carbocycles. The highest BCUT2D eigenvalue weighted by Gasteiger charge is 2.50. The van der Waals surface area contributed by atoms with Crippen molar-refractivity contribution in [2.75, 3.05) is 26.2 Å². The van der Waals surface area contributed by atoms with E-state index in [0.29, 0.717) is 12.6 Å². The number of nitrogens with one attached hydrogen (secondary N) is 1. The van der Waals surface area contributed by atoms with Gasteiger partial charge >= 0.3 is 0 Å². The molecule has 3 fully saturated rings. The second kappa shape index (κ2) is 8.50. The van der Waals surface area contributed by atoms with Gasteiger partial charge in [0.25, 0.3) is 0 Å². The number of amides is 1. The lowest BCUT2D eigenvalue weighted by Gasteiger charge is -2.53. The minimum absolute atomic E-state index is 0.191. The number of carbonyl (C=O) groups is 1. The largest absolute Gasteiger partial charge is 0.376 e. The zero-order valence-electron chi connectivity index (χ0n) is 16.1. The summed E-state index contributed by atoms with van der Waals surface area (Å²) in [5.74, 6) is 0.194. The maximum absolute atomic E-state index is 13.2. The van der Waals surface area contributed by atoms with Crippen LogP contribution in [-0.4, -0.2) is 49.2 Å². The van der Waals surface area contributed by atoms with Gasteiger partial charge in [-0.15, -0.1) is 0 Å². The maximum Gasteiger partial charge on any atom is 0.229 e. The lowest BCUT2D eigenvalue weighted by molar-refractivity contribution is -0.145. The number of ether oxygens (including phenoxy) is 1. The third-order valence-electron chi connectivity index (χ3n) is 6.55. The average molecular weight is 391 g/mol. The Hall–Kier alpha value is -1.10. The van der Waals surface area contributed by atoms with Gasteiger partial charge in [-0.25, -0.2) is 0 Å². The zero-order chi connectivity index (χ0) is 18.7. The third-order valence-corrected chi connectivity index (χ3v) is 6.81. The molecule has 3 aliphatic rings. The Morgan fingerprint density at radius 2 is 1.85 bits per heavy atom.